The lowest BCUT2D eigenvalue weighted by atomic mass is 10.0. The van der Waals surface area contributed by atoms with Crippen LogP contribution in [0.4, 0.5) is 5.69 Å². The van der Waals surface area contributed by atoms with Gasteiger partial charge >= 0.3 is 0 Å². The minimum Gasteiger partial charge on any atom is -0.326 e. The Kier molecular flexibility index (Phi) is 4.22. The highest BCUT2D eigenvalue weighted by Gasteiger charge is 2.18. The van der Waals surface area contributed by atoms with E-state index in [1.807, 2.05) is 6.07 Å². The number of hydrogen-bond acceptors (Lipinski definition) is 2. The minimum absolute atomic E-state index is 0.0214. The maximum atomic E-state index is 11.8. The average Bonchev–Trinajstić information content (AvgIpc) is 2.84. The maximum absolute atomic E-state index is 11.8. The Hall–Kier alpha value is -1.53. The number of nitrogens with one attached hydrogen (secondary N) is 1. The van der Waals surface area contributed by atoms with E-state index in [9.17, 15) is 4.79 Å². The van der Waals surface area contributed by atoms with Gasteiger partial charge in [-0.15, -0.1) is 0 Å². The quantitative estimate of drug-likeness (QED) is 0.902. The van der Waals surface area contributed by atoms with Crippen molar-refractivity contribution in [1.29, 1.82) is 5.26 Å². The van der Waals surface area contributed by atoms with Crippen LogP contribution in [0.15, 0.2) is 18.2 Å². The van der Waals surface area contributed by atoms with Crippen LogP contribution in [-0.4, -0.2) is 5.91 Å². The first-order valence-corrected chi connectivity index (χ1v) is 6.56. The highest BCUT2D eigenvalue weighted by atomic mass is 35.5. The zero-order valence-electron chi connectivity index (χ0n) is 10.1. The maximum Gasteiger partial charge on any atom is 0.224 e. The largest absolute Gasteiger partial charge is 0.326 e. The van der Waals surface area contributed by atoms with E-state index in [2.05, 4.69) is 5.32 Å². The van der Waals surface area contributed by atoms with Gasteiger partial charge in [0.05, 0.1) is 10.6 Å². The second-order valence-electron chi connectivity index (χ2n) is 4.71. The van der Waals surface area contributed by atoms with Crippen molar-refractivity contribution in [3.63, 3.8) is 0 Å². The van der Waals surface area contributed by atoms with Gasteiger partial charge in [-0.3, -0.25) is 4.79 Å². The van der Waals surface area contributed by atoms with Crippen molar-refractivity contribution in [2.75, 3.05) is 5.32 Å². The molecule has 0 aromatic heterocycles. The van der Waals surface area contributed by atoms with Crippen LogP contribution in [0.25, 0.3) is 0 Å². The number of anilines is 1. The van der Waals surface area contributed by atoms with Gasteiger partial charge in [0.25, 0.3) is 0 Å². The van der Waals surface area contributed by atoms with Crippen LogP contribution in [0.3, 0.4) is 0 Å². The molecule has 2 rings (SSSR count). The molecule has 0 saturated heterocycles. The van der Waals surface area contributed by atoms with Gasteiger partial charge in [-0.05, 0) is 37.0 Å². The summed E-state index contributed by atoms with van der Waals surface area (Å²) in [6.07, 6.45) is 5.34. The lowest BCUT2D eigenvalue weighted by Crippen LogP contribution is -2.15. The zero-order chi connectivity index (χ0) is 13.0. The number of amides is 1. The zero-order valence-corrected chi connectivity index (χ0v) is 10.8. The Morgan fingerprint density at radius 1 is 1.44 bits per heavy atom. The fourth-order valence-electron chi connectivity index (χ4n) is 2.38. The summed E-state index contributed by atoms with van der Waals surface area (Å²) in [5, 5.41) is 12.1. The van der Waals surface area contributed by atoms with Crippen LogP contribution in [-0.2, 0) is 4.79 Å². The number of rotatable bonds is 3. The third-order valence-corrected chi connectivity index (χ3v) is 3.65. The molecule has 1 aromatic carbocycles. The van der Waals surface area contributed by atoms with Crippen molar-refractivity contribution >= 4 is 23.2 Å². The van der Waals surface area contributed by atoms with E-state index in [4.69, 9.17) is 16.9 Å². The molecule has 0 bridgehead atoms. The van der Waals surface area contributed by atoms with E-state index >= 15 is 0 Å². The second-order valence-corrected chi connectivity index (χ2v) is 5.12. The van der Waals surface area contributed by atoms with Crippen LogP contribution in [0.1, 0.15) is 37.7 Å². The molecule has 0 aliphatic heterocycles. The van der Waals surface area contributed by atoms with E-state index < -0.39 is 0 Å². The molecule has 4 heteroatoms. The lowest BCUT2D eigenvalue weighted by molar-refractivity contribution is -0.117. The molecule has 1 saturated carbocycles. The fraction of sp³-hybridized carbons (Fsp3) is 0.429. The van der Waals surface area contributed by atoms with Gasteiger partial charge < -0.3 is 5.32 Å². The van der Waals surface area contributed by atoms with Crippen LogP contribution in [0.5, 0.6) is 0 Å². The predicted octanol–water partition coefficient (Wildman–Crippen LogP) is 3.73. The summed E-state index contributed by atoms with van der Waals surface area (Å²) in [5.74, 6) is 0.542. The molecule has 0 radical (unpaired) electrons. The molecule has 1 aliphatic carbocycles. The molecule has 0 heterocycles. The van der Waals surface area contributed by atoms with Gasteiger partial charge in [-0.25, -0.2) is 0 Å². The summed E-state index contributed by atoms with van der Waals surface area (Å²) < 4.78 is 0. The summed E-state index contributed by atoms with van der Waals surface area (Å²) in [7, 11) is 0. The molecule has 0 unspecified atom stereocenters. The molecular weight excluding hydrogens is 248 g/mol. The molecule has 1 amide bonds. The number of benzene rings is 1. The minimum atomic E-state index is 0.0214. The van der Waals surface area contributed by atoms with Crippen molar-refractivity contribution in [2.24, 2.45) is 5.92 Å². The first kappa shape index (κ1) is 12.9. The highest BCUT2D eigenvalue weighted by Crippen LogP contribution is 2.28. The monoisotopic (exact) mass is 262 g/mol. The van der Waals surface area contributed by atoms with Crippen molar-refractivity contribution in [1.82, 2.24) is 0 Å². The van der Waals surface area contributed by atoms with Crippen LogP contribution in [0.2, 0.25) is 5.02 Å². The fourth-order valence-corrected chi connectivity index (χ4v) is 2.54. The molecule has 3 nitrogen and oxygen atoms in total. The number of nitrogens with zero attached hydrogens (tertiary/aromatic N) is 1. The Labute approximate surface area is 112 Å². The van der Waals surface area contributed by atoms with E-state index in [1.165, 1.54) is 12.8 Å². The summed E-state index contributed by atoms with van der Waals surface area (Å²) in [6.45, 7) is 0. The Balaban J connectivity index is 1.96. The number of hydrogen-bond donors (Lipinski definition) is 1. The third-order valence-electron chi connectivity index (χ3n) is 3.32. The van der Waals surface area contributed by atoms with Gasteiger partial charge in [-0.2, -0.15) is 5.26 Å². The van der Waals surface area contributed by atoms with E-state index in [0.717, 1.165) is 12.8 Å². The lowest BCUT2D eigenvalue weighted by Gasteiger charge is -2.10. The van der Waals surface area contributed by atoms with Crippen molar-refractivity contribution < 1.29 is 4.79 Å². The summed E-state index contributed by atoms with van der Waals surface area (Å²) in [6, 6.07) is 6.95. The summed E-state index contributed by atoms with van der Waals surface area (Å²) >= 11 is 5.84. The van der Waals surface area contributed by atoms with Gasteiger partial charge in [0, 0.05) is 12.1 Å². The molecule has 1 fully saturated rings. The number of nitriles is 1. The Morgan fingerprint density at radius 2 is 2.17 bits per heavy atom. The third kappa shape index (κ3) is 3.24. The molecule has 1 aromatic rings. The van der Waals surface area contributed by atoms with Crippen LogP contribution in [0, 0.1) is 17.2 Å². The van der Waals surface area contributed by atoms with Crippen molar-refractivity contribution in [2.45, 2.75) is 32.1 Å². The second kappa shape index (κ2) is 5.88. The Morgan fingerprint density at radius 3 is 2.83 bits per heavy atom. The Bertz CT molecular complexity index is 487. The predicted molar refractivity (Wildman–Crippen MR) is 71.4 cm³/mol. The standard InChI is InChI=1S/C14H15ClN2O/c15-13-6-5-12(8-11(13)9-16)17-14(18)7-10-3-1-2-4-10/h5-6,8,10H,1-4,7H2,(H,17,18). The molecule has 1 aliphatic rings. The molecule has 18 heavy (non-hydrogen) atoms. The SMILES string of the molecule is N#Cc1cc(NC(=O)CC2CCCC2)ccc1Cl. The molecular formula is C14H15ClN2O. The number of carbonyl (C=O) groups is 1. The van der Waals surface area contributed by atoms with Crippen molar-refractivity contribution in [3.05, 3.63) is 28.8 Å². The first-order valence-electron chi connectivity index (χ1n) is 6.18. The first-order chi connectivity index (χ1) is 8.69. The van der Waals surface area contributed by atoms with Gasteiger partial charge in [0.1, 0.15) is 6.07 Å². The van der Waals surface area contributed by atoms with Crippen LogP contribution < -0.4 is 5.32 Å². The molecule has 0 atom stereocenters. The summed E-state index contributed by atoms with van der Waals surface area (Å²) in [4.78, 5) is 11.8. The van der Waals surface area contributed by atoms with E-state index in [0.29, 0.717) is 28.6 Å². The van der Waals surface area contributed by atoms with Gasteiger partial charge in [0.15, 0.2) is 0 Å². The van der Waals surface area contributed by atoms with Gasteiger partial charge in [-0.1, -0.05) is 24.4 Å². The van der Waals surface area contributed by atoms with Crippen molar-refractivity contribution in [3.8, 4) is 6.07 Å². The average molecular weight is 263 g/mol. The van der Waals surface area contributed by atoms with Crippen LogP contribution >= 0.6 is 11.6 Å². The summed E-state index contributed by atoms with van der Waals surface area (Å²) in [5.41, 5.74) is 1.02. The molecule has 0 spiro atoms. The van der Waals surface area contributed by atoms with E-state index in [-0.39, 0.29) is 5.91 Å². The highest BCUT2D eigenvalue weighted by molar-refractivity contribution is 6.31. The molecule has 1 N–H and O–H groups in total. The number of halogens is 1. The smallest absolute Gasteiger partial charge is 0.224 e. The molecule has 94 valence electrons. The topological polar surface area (TPSA) is 52.9 Å². The number of carbonyl (C=O) groups excluding carboxylic acids is 1. The van der Waals surface area contributed by atoms with E-state index in [1.54, 1.807) is 18.2 Å². The normalized spacial score (nSPS) is 15.3. The van der Waals surface area contributed by atoms with Gasteiger partial charge in [0.2, 0.25) is 5.91 Å².